The van der Waals surface area contributed by atoms with E-state index >= 15 is 0 Å². The number of phosphoric acid groups is 2. The standard InChI is InChI=1S/C87H142O16P2/c1-4-7-10-13-16-19-22-25-28-31-33-35-36-37-38-39-40-41-42-43-44-46-48-50-52-55-58-61-64-67-70-73-85(90)97-76-82(88)77-99-104(93,94)100-78-83(89)79-101-105(95,96)102-81-84(103-87(92)75-72-69-66-63-60-57-54-49-30-27-24-21-18-15-12-9-6-3)80-98-86(91)74-71-68-65-62-59-56-53-51-47-45-34-32-29-26-23-20-17-14-11-8-5-2/h7-12,16-21,25-30,33-35,37-38,40-41,45,51,53,59,62,82-84,88-89H,4-6,13-15,22-24,31-32,36,39,42-44,46-50,52,54-58,60-61,63-81H2,1-3H3,(H,93,94)(H,95,96)/b10-7-,11-8-,12-9-,19-16-,20-17-,21-18-,28-25-,29-26-,30-27-,35-33-,38-37-,41-40-,45-34-,53-51-,62-59-. The topological polar surface area (TPSA) is 231 Å². The van der Waals surface area contributed by atoms with Gasteiger partial charge in [-0.3, -0.25) is 32.5 Å². The molecule has 0 aromatic rings. The van der Waals surface area contributed by atoms with Gasteiger partial charge in [-0.1, -0.05) is 299 Å². The maximum atomic E-state index is 13.0. The van der Waals surface area contributed by atoms with Crippen molar-refractivity contribution in [1.29, 1.82) is 0 Å². The predicted octanol–water partition coefficient (Wildman–Crippen LogP) is 23.8. The van der Waals surface area contributed by atoms with Crippen LogP contribution in [-0.4, -0.2) is 95.9 Å². The van der Waals surface area contributed by atoms with Gasteiger partial charge in [0.2, 0.25) is 0 Å². The van der Waals surface area contributed by atoms with Crippen LogP contribution in [0, 0.1) is 0 Å². The van der Waals surface area contributed by atoms with Gasteiger partial charge in [-0.05, 0) is 154 Å². The second-order valence-corrected chi connectivity index (χ2v) is 29.0. The van der Waals surface area contributed by atoms with Gasteiger partial charge in [0.1, 0.15) is 25.4 Å². The molecule has 0 saturated carbocycles. The number of rotatable bonds is 74. The molecule has 0 aliphatic heterocycles. The van der Waals surface area contributed by atoms with Gasteiger partial charge in [-0.25, -0.2) is 9.13 Å². The number of unbranched alkanes of at least 4 members (excludes halogenated alkanes) is 21. The molecule has 0 aliphatic rings. The molecule has 0 amide bonds. The summed E-state index contributed by atoms with van der Waals surface area (Å²) in [6.07, 6.45) is 101. The Balaban J connectivity index is 4.59. The van der Waals surface area contributed by atoms with E-state index in [1.165, 1.54) is 51.4 Å². The Morgan fingerprint density at radius 3 is 0.771 bits per heavy atom. The fourth-order valence-corrected chi connectivity index (χ4v) is 11.7. The number of allylic oxidation sites excluding steroid dienone is 30. The molecule has 0 bridgehead atoms. The van der Waals surface area contributed by atoms with E-state index in [-0.39, 0.29) is 19.3 Å². The summed E-state index contributed by atoms with van der Waals surface area (Å²) < 4.78 is 61.1. The second-order valence-electron chi connectivity index (χ2n) is 26.1. The Kier molecular flexibility index (Phi) is 74.3. The number of ether oxygens (including phenoxy) is 3. The second kappa shape index (κ2) is 78.2. The highest BCUT2D eigenvalue weighted by molar-refractivity contribution is 7.47. The number of carbonyl (C=O) groups is 3. The van der Waals surface area contributed by atoms with Crippen molar-refractivity contribution in [2.75, 3.05) is 39.6 Å². The van der Waals surface area contributed by atoms with Gasteiger partial charge >= 0.3 is 33.6 Å². The van der Waals surface area contributed by atoms with Gasteiger partial charge in [0, 0.05) is 19.3 Å². The van der Waals surface area contributed by atoms with Gasteiger partial charge in [0.05, 0.1) is 26.4 Å². The highest BCUT2D eigenvalue weighted by Gasteiger charge is 2.29. The van der Waals surface area contributed by atoms with E-state index in [0.717, 1.165) is 180 Å². The Morgan fingerprint density at radius 2 is 0.476 bits per heavy atom. The molecule has 0 aromatic heterocycles. The number of aliphatic hydroxyl groups excluding tert-OH is 2. The van der Waals surface area contributed by atoms with Crippen LogP contribution in [-0.2, 0) is 55.8 Å². The summed E-state index contributed by atoms with van der Waals surface area (Å²) in [5, 5.41) is 20.7. The predicted molar refractivity (Wildman–Crippen MR) is 435 cm³/mol. The number of esters is 3. The summed E-state index contributed by atoms with van der Waals surface area (Å²) in [5.74, 6) is -1.65. The van der Waals surface area contributed by atoms with Gasteiger partial charge in [-0.15, -0.1) is 0 Å². The molecule has 0 heterocycles. The molecule has 4 N–H and O–H groups in total. The first-order chi connectivity index (χ1) is 51.2. The first-order valence-corrected chi connectivity index (χ1v) is 43.1. The third-order valence-electron chi connectivity index (χ3n) is 16.1. The lowest BCUT2D eigenvalue weighted by molar-refractivity contribution is -0.161. The fourth-order valence-electron chi connectivity index (χ4n) is 10.1. The Morgan fingerprint density at radius 1 is 0.267 bits per heavy atom. The van der Waals surface area contributed by atoms with Gasteiger partial charge in [-0.2, -0.15) is 0 Å². The number of aliphatic hydroxyl groups is 2. The van der Waals surface area contributed by atoms with Crippen LogP contribution in [0.1, 0.15) is 290 Å². The van der Waals surface area contributed by atoms with Crippen molar-refractivity contribution in [1.82, 2.24) is 0 Å². The Bertz CT molecular complexity index is 2640. The third kappa shape index (κ3) is 79.5. The average Bonchev–Trinajstić information content (AvgIpc) is 0.917. The normalized spacial score (nSPS) is 14.9. The molecule has 5 atom stereocenters. The Labute approximate surface area is 636 Å². The zero-order valence-corrected chi connectivity index (χ0v) is 66.9. The monoisotopic (exact) mass is 1500 g/mol. The molecular formula is C87H142O16P2. The smallest absolute Gasteiger partial charge is 0.463 e. The molecule has 0 fully saturated rings. The van der Waals surface area contributed by atoms with Crippen LogP contribution in [0.3, 0.4) is 0 Å². The first kappa shape index (κ1) is 99.7. The number of hydrogen-bond donors (Lipinski definition) is 4. The van der Waals surface area contributed by atoms with Crippen molar-refractivity contribution in [3.05, 3.63) is 182 Å². The lowest BCUT2D eigenvalue weighted by Gasteiger charge is -2.21. The minimum Gasteiger partial charge on any atom is -0.463 e. The van der Waals surface area contributed by atoms with E-state index in [1.807, 2.05) is 0 Å². The molecule has 5 unspecified atom stereocenters. The fraction of sp³-hybridized carbons (Fsp3) is 0.621. The first-order valence-electron chi connectivity index (χ1n) is 40.1. The van der Waals surface area contributed by atoms with Crippen LogP contribution >= 0.6 is 15.6 Å². The van der Waals surface area contributed by atoms with Crippen LogP contribution in [0.15, 0.2) is 182 Å². The van der Waals surface area contributed by atoms with Crippen molar-refractivity contribution in [3.63, 3.8) is 0 Å². The zero-order valence-electron chi connectivity index (χ0n) is 65.1. The summed E-state index contributed by atoms with van der Waals surface area (Å²) in [5.41, 5.74) is 0. The molecule has 0 aliphatic carbocycles. The summed E-state index contributed by atoms with van der Waals surface area (Å²) in [6, 6.07) is 0. The molecular weight excluding hydrogens is 1360 g/mol. The van der Waals surface area contributed by atoms with Crippen LogP contribution in [0.25, 0.3) is 0 Å². The van der Waals surface area contributed by atoms with Crippen molar-refractivity contribution in [2.45, 2.75) is 309 Å². The molecule has 0 aromatic carbocycles. The van der Waals surface area contributed by atoms with Crippen LogP contribution in [0.5, 0.6) is 0 Å². The van der Waals surface area contributed by atoms with E-state index < -0.39 is 91.5 Å². The summed E-state index contributed by atoms with van der Waals surface area (Å²) in [7, 11) is -9.82. The van der Waals surface area contributed by atoms with Gasteiger partial charge in [0.25, 0.3) is 0 Å². The minimum atomic E-state index is -4.95. The molecule has 105 heavy (non-hydrogen) atoms. The van der Waals surface area contributed by atoms with Gasteiger partial charge in [0.15, 0.2) is 6.10 Å². The maximum absolute atomic E-state index is 13.0. The summed E-state index contributed by atoms with van der Waals surface area (Å²) in [4.78, 5) is 58.7. The zero-order chi connectivity index (χ0) is 76.6. The van der Waals surface area contributed by atoms with Crippen LogP contribution < -0.4 is 0 Å². The minimum absolute atomic E-state index is 0.0771. The van der Waals surface area contributed by atoms with E-state index in [2.05, 4.69) is 203 Å². The molecule has 0 spiro atoms. The lowest BCUT2D eigenvalue weighted by atomic mass is 10.0. The van der Waals surface area contributed by atoms with Crippen molar-refractivity contribution in [3.8, 4) is 0 Å². The number of hydrogen-bond acceptors (Lipinski definition) is 14. The van der Waals surface area contributed by atoms with Crippen molar-refractivity contribution >= 4 is 33.6 Å². The third-order valence-corrected chi connectivity index (χ3v) is 18.0. The Hall–Kier alpha value is -5.35. The summed E-state index contributed by atoms with van der Waals surface area (Å²) in [6.45, 7) is 2.27. The van der Waals surface area contributed by atoms with Crippen molar-refractivity contribution < 1.29 is 75.8 Å². The number of carbonyl (C=O) groups excluding carboxylic acids is 3. The van der Waals surface area contributed by atoms with E-state index in [4.69, 9.17) is 32.3 Å². The number of phosphoric ester groups is 2. The molecule has 0 radical (unpaired) electrons. The summed E-state index contributed by atoms with van der Waals surface area (Å²) >= 11 is 0. The quantitative estimate of drug-likeness (QED) is 0.0146. The van der Waals surface area contributed by atoms with E-state index in [1.54, 1.807) is 0 Å². The largest absolute Gasteiger partial charge is 0.472 e. The lowest BCUT2D eigenvalue weighted by Crippen LogP contribution is -2.30. The van der Waals surface area contributed by atoms with Crippen LogP contribution in [0.2, 0.25) is 0 Å². The molecule has 0 saturated heterocycles. The molecule has 596 valence electrons. The highest BCUT2D eigenvalue weighted by atomic mass is 31.2. The van der Waals surface area contributed by atoms with Gasteiger partial charge < -0.3 is 34.2 Å². The van der Waals surface area contributed by atoms with E-state index in [9.17, 15) is 43.5 Å². The van der Waals surface area contributed by atoms with E-state index in [0.29, 0.717) is 19.3 Å². The van der Waals surface area contributed by atoms with Crippen LogP contribution in [0.4, 0.5) is 0 Å². The molecule has 18 heteroatoms. The average molecular weight is 1510 g/mol. The highest BCUT2D eigenvalue weighted by Crippen LogP contribution is 2.45. The SMILES string of the molecule is CC/C=C\C/C=C\C/C=C\C/C=C\C/C=C\C/C=C\CCCCCCCCCCCCCCC(=O)OCC(O)COP(=O)(O)OCC(O)COP(=O)(O)OCC(COC(=O)CCCC/C=C\C/C=C\C/C=C\C/C=C\C/C=C\C/C=C\CC)OC(=O)CCCCCCCCC/C=C\C/C=C\C/C=C\CC. The molecule has 16 nitrogen and oxygen atoms in total. The maximum Gasteiger partial charge on any atom is 0.472 e. The van der Waals surface area contributed by atoms with Crippen molar-refractivity contribution in [2.24, 2.45) is 0 Å². The molecule has 0 rings (SSSR count).